The van der Waals surface area contributed by atoms with Gasteiger partial charge in [0, 0.05) is 16.6 Å². The Kier molecular flexibility index (Phi) is 4.00. The summed E-state index contributed by atoms with van der Waals surface area (Å²) in [5.41, 5.74) is 0.756. The van der Waals surface area contributed by atoms with Crippen LogP contribution in [0.5, 0.6) is 0 Å². The van der Waals surface area contributed by atoms with E-state index >= 15 is 0 Å². The first kappa shape index (κ1) is 14.5. The fourth-order valence-corrected chi connectivity index (χ4v) is 3.13. The number of carbonyl (C=O) groups excluding carboxylic acids is 1. The van der Waals surface area contributed by atoms with E-state index in [1.54, 1.807) is 6.92 Å². The molecule has 2 rings (SSSR count). The zero-order valence-electron chi connectivity index (χ0n) is 10.2. The monoisotopic (exact) mass is 310 g/mol. The van der Waals surface area contributed by atoms with Gasteiger partial charge in [-0.3, -0.25) is 4.79 Å². The summed E-state index contributed by atoms with van der Waals surface area (Å²) >= 11 is 6.19. The molecule has 8 heteroatoms. The largest absolute Gasteiger partial charge is 0.406 e. The van der Waals surface area contributed by atoms with Crippen LogP contribution in [0.1, 0.15) is 23.4 Å². The minimum absolute atomic E-state index is 0.0176. The number of alkyl halides is 3. The van der Waals surface area contributed by atoms with Crippen LogP contribution < -0.4 is 0 Å². The summed E-state index contributed by atoms with van der Waals surface area (Å²) in [5.74, 6) is -0.479. The molecule has 1 aromatic heterocycles. The number of carbonyl (C=O) groups is 1. The van der Waals surface area contributed by atoms with E-state index in [1.807, 2.05) is 0 Å². The molecule has 19 heavy (non-hydrogen) atoms. The summed E-state index contributed by atoms with van der Waals surface area (Å²) in [5, 5.41) is 0. The molecule has 0 radical (unpaired) electrons. The zero-order chi connectivity index (χ0) is 14.2. The van der Waals surface area contributed by atoms with E-state index in [0.29, 0.717) is 21.7 Å². The van der Waals surface area contributed by atoms with Gasteiger partial charge in [0.2, 0.25) is 5.91 Å². The number of aromatic amines is 1. The van der Waals surface area contributed by atoms with E-state index in [-0.39, 0.29) is 12.5 Å². The number of hydrogen-bond donors (Lipinski definition) is 1. The van der Waals surface area contributed by atoms with Gasteiger partial charge < -0.3 is 9.88 Å². The Labute approximate surface area is 117 Å². The molecule has 1 aromatic rings. The van der Waals surface area contributed by atoms with Crippen LogP contribution in [0.2, 0.25) is 0 Å². The van der Waals surface area contributed by atoms with Crippen molar-refractivity contribution in [1.82, 2.24) is 9.88 Å². The fraction of sp³-hybridized carbons (Fsp3) is 0.636. The van der Waals surface area contributed by atoms with Crippen molar-refractivity contribution in [2.45, 2.75) is 38.4 Å². The van der Waals surface area contributed by atoms with Crippen molar-refractivity contribution in [2.75, 3.05) is 6.54 Å². The maximum atomic E-state index is 12.5. The molecule has 0 aromatic carbocycles. The average Bonchev–Trinajstić information content (AvgIpc) is 3.02. The number of H-pyrrole nitrogens is 1. The lowest BCUT2D eigenvalue weighted by Crippen LogP contribution is -2.41. The molecule has 3 nitrogen and oxygen atoms in total. The highest BCUT2D eigenvalue weighted by molar-refractivity contribution is 7.73. The number of hydrogen-bond acceptors (Lipinski definition) is 3. The van der Waals surface area contributed by atoms with Crippen LogP contribution in [0.3, 0.4) is 0 Å². The summed E-state index contributed by atoms with van der Waals surface area (Å²) in [6, 6.07) is -0.249. The molecule has 1 aliphatic rings. The molecule has 0 atom stereocenters. The van der Waals surface area contributed by atoms with Gasteiger partial charge in [0.15, 0.2) is 3.95 Å². The van der Waals surface area contributed by atoms with Crippen LogP contribution in [0, 0.1) is 10.9 Å². The molecule has 1 amide bonds. The van der Waals surface area contributed by atoms with E-state index in [4.69, 9.17) is 12.2 Å². The third kappa shape index (κ3) is 4.04. The van der Waals surface area contributed by atoms with Crippen molar-refractivity contribution < 1.29 is 18.0 Å². The first-order valence-electron chi connectivity index (χ1n) is 5.81. The highest BCUT2D eigenvalue weighted by atomic mass is 32.1. The van der Waals surface area contributed by atoms with Crippen molar-refractivity contribution in [3.05, 3.63) is 14.5 Å². The van der Waals surface area contributed by atoms with E-state index in [1.165, 1.54) is 11.3 Å². The highest BCUT2D eigenvalue weighted by Crippen LogP contribution is 2.31. The maximum Gasteiger partial charge on any atom is 0.406 e. The summed E-state index contributed by atoms with van der Waals surface area (Å²) in [4.78, 5) is 16.6. The summed E-state index contributed by atoms with van der Waals surface area (Å²) in [6.07, 6.45) is -3.05. The van der Waals surface area contributed by atoms with Crippen molar-refractivity contribution in [1.29, 1.82) is 0 Å². The fourth-order valence-electron chi connectivity index (χ4n) is 1.84. The molecule has 1 saturated carbocycles. The lowest BCUT2D eigenvalue weighted by molar-refractivity contribution is -0.161. The Morgan fingerprint density at radius 1 is 1.53 bits per heavy atom. The molecule has 1 aliphatic carbocycles. The standard InChI is InChI=1S/C11H13F3N2OS2/c1-6-8(19-10(18)15-6)4-9(17)16(7-2-3-7)5-11(12,13)14/h7H,2-5H2,1H3,(H,15,18). The Morgan fingerprint density at radius 3 is 2.58 bits per heavy atom. The molecule has 0 saturated heterocycles. The molecule has 1 N–H and O–H groups in total. The lowest BCUT2D eigenvalue weighted by Gasteiger charge is -2.23. The topological polar surface area (TPSA) is 36.1 Å². The van der Waals surface area contributed by atoms with Crippen LogP contribution in [0.4, 0.5) is 13.2 Å². The van der Waals surface area contributed by atoms with Gasteiger partial charge in [0.25, 0.3) is 0 Å². The first-order chi connectivity index (χ1) is 8.76. The number of thiazole rings is 1. The van der Waals surface area contributed by atoms with Crippen molar-refractivity contribution in [2.24, 2.45) is 0 Å². The van der Waals surface area contributed by atoms with Crippen molar-refractivity contribution in [3.63, 3.8) is 0 Å². The number of amides is 1. The second-order valence-corrected chi connectivity index (χ2v) is 6.38. The summed E-state index contributed by atoms with van der Waals surface area (Å²) < 4.78 is 37.9. The normalized spacial score (nSPS) is 15.6. The number of nitrogens with one attached hydrogen (secondary N) is 1. The van der Waals surface area contributed by atoms with Gasteiger partial charge in [-0.25, -0.2) is 0 Å². The first-order valence-corrected chi connectivity index (χ1v) is 7.03. The van der Waals surface area contributed by atoms with Crippen LogP contribution in [0.25, 0.3) is 0 Å². The van der Waals surface area contributed by atoms with E-state index in [9.17, 15) is 18.0 Å². The number of aromatic nitrogens is 1. The van der Waals surface area contributed by atoms with E-state index in [0.717, 1.165) is 10.6 Å². The molecule has 1 fully saturated rings. The van der Waals surface area contributed by atoms with Gasteiger partial charge in [-0.2, -0.15) is 13.2 Å². The second-order valence-electron chi connectivity index (χ2n) is 4.61. The molecule has 1 heterocycles. The van der Waals surface area contributed by atoms with Crippen LogP contribution >= 0.6 is 23.6 Å². The molecule has 0 spiro atoms. The Morgan fingerprint density at radius 2 is 2.16 bits per heavy atom. The Hall–Kier alpha value is -0.890. The molecular weight excluding hydrogens is 297 g/mol. The van der Waals surface area contributed by atoms with Gasteiger partial charge in [0.1, 0.15) is 6.54 Å². The Bertz CT molecular complexity index is 531. The number of aryl methyl sites for hydroxylation is 1. The van der Waals surface area contributed by atoms with Crippen LogP contribution in [-0.4, -0.2) is 34.6 Å². The third-order valence-corrected chi connectivity index (χ3v) is 4.23. The minimum Gasteiger partial charge on any atom is -0.341 e. The molecular formula is C11H13F3N2OS2. The predicted octanol–water partition coefficient (Wildman–Crippen LogP) is 3.21. The quantitative estimate of drug-likeness (QED) is 0.867. The van der Waals surface area contributed by atoms with Gasteiger partial charge in [0.05, 0.1) is 6.42 Å². The third-order valence-electron chi connectivity index (χ3n) is 2.89. The number of nitrogens with zero attached hydrogens (tertiary/aromatic N) is 1. The molecule has 0 aliphatic heterocycles. The second kappa shape index (κ2) is 5.24. The molecule has 0 unspecified atom stereocenters. The SMILES string of the molecule is Cc1[nH]c(=S)sc1CC(=O)N(CC(F)(F)F)C1CC1. The van der Waals surface area contributed by atoms with Crippen LogP contribution in [0.15, 0.2) is 0 Å². The van der Waals surface area contributed by atoms with E-state index in [2.05, 4.69) is 4.98 Å². The average molecular weight is 310 g/mol. The van der Waals surface area contributed by atoms with Crippen molar-refractivity contribution >= 4 is 29.5 Å². The predicted molar refractivity (Wildman–Crippen MR) is 68.7 cm³/mol. The molecule has 106 valence electrons. The number of rotatable bonds is 4. The minimum atomic E-state index is -4.35. The molecule has 0 bridgehead atoms. The summed E-state index contributed by atoms with van der Waals surface area (Å²) in [6.45, 7) is 0.603. The van der Waals surface area contributed by atoms with Crippen LogP contribution in [-0.2, 0) is 11.2 Å². The van der Waals surface area contributed by atoms with E-state index < -0.39 is 18.6 Å². The smallest absolute Gasteiger partial charge is 0.341 e. The lowest BCUT2D eigenvalue weighted by atomic mass is 10.2. The highest BCUT2D eigenvalue weighted by Gasteiger charge is 2.40. The summed E-state index contributed by atoms with van der Waals surface area (Å²) in [7, 11) is 0. The van der Waals surface area contributed by atoms with Gasteiger partial charge in [-0.1, -0.05) is 0 Å². The zero-order valence-corrected chi connectivity index (χ0v) is 11.8. The Balaban J connectivity index is 2.08. The maximum absolute atomic E-state index is 12.5. The van der Waals surface area contributed by atoms with Gasteiger partial charge in [-0.15, -0.1) is 11.3 Å². The van der Waals surface area contributed by atoms with Gasteiger partial charge >= 0.3 is 6.18 Å². The number of halogens is 3. The van der Waals surface area contributed by atoms with Crippen molar-refractivity contribution in [3.8, 4) is 0 Å². The van der Waals surface area contributed by atoms with Gasteiger partial charge in [-0.05, 0) is 32.0 Å².